The third kappa shape index (κ3) is 4.92. The maximum absolute atomic E-state index is 14.0. The molecule has 8 heteroatoms. The monoisotopic (exact) mass is 515 g/mol. The maximum atomic E-state index is 14.0. The number of ether oxygens (including phenoxy) is 1. The molecule has 0 saturated carbocycles. The summed E-state index contributed by atoms with van der Waals surface area (Å²) >= 11 is 4.17. The predicted molar refractivity (Wildman–Crippen MR) is 123 cm³/mol. The van der Waals surface area contributed by atoms with Gasteiger partial charge in [0.05, 0.1) is 11.4 Å². The molecule has 1 saturated heterocycles. The van der Waals surface area contributed by atoms with E-state index >= 15 is 0 Å². The quantitative estimate of drug-likeness (QED) is 0.349. The zero-order valence-corrected chi connectivity index (χ0v) is 19.0. The fourth-order valence-electron chi connectivity index (χ4n) is 3.11. The van der Waals surface area contributed by atoms with Crippen molar-refractivity contribution >= 4 is 44.9 Å². The Morgan fingerprint density at radius 2 is 1.59 bits per heavy atom. The Bertz CT molecular complexity index is 1230. The highest BCUT2D eigenvalue weighted by Crippen LogP contribution is 2.36. The van der Waals surface area contributed by atoms with Gasteiger partial charge in [-0.15, -0.1) is 0 Å². The van der Waals surface area contributed by atoms with Crippen molar-refractivity contribution < 1.29 is 23.1 Å². The van der Waals surface area contributed by atoms with Crippen LogP contribution in [0, 0.1) is 11.6 Å². The van der Waals surface area contributed by atoms with Crippen molar-refractivity contribution in [3.8, 4) is 5.75 Å². The highest BCUT2D eigenvalue weighted by atomic mass is 79.9. The number of amides is 2. The lowest BCUT2D eigenvalue weighted by atomic mass is 10.1. The Kier molecular flexibility index (Phi) is 6.72. The minimum Gasteiger partial charge on any atom is -0.488 e. The average molecular weight is 516 g/mol. The van der Waals surface area contributed by atoms with Crippen LogP contribution in [0.25, 0.3) is 6.08 Å². The maximum Gasteiger partial charge on any atom is 0.293 e. The molecule has 0 atom stereocenters. The third-order valence-corrected chi connectivity index (χ3v) is 6.16. The van der Waals surface area contributed by atoms with Gasteiger partial charge in [0.15, 0.2) is 0 Å². The summed E-state index contributed by atoms with van der Waals surface area (Å²) in [5, 5.41) is -0.478. The van der Waals surface area contributed by atoms with Crippen LogP contribution in [0.1, 0.15) is 16.7 Å². The van der Waals surface area contributed by atoms with Crippen LogP contribution in [0.4, 0.5) is 13.6 Å². The Labute approximate surface area is 196 Å². The zero-order valence-electron chi connectivity index (χ0n) is 16.6. The van der Waals surface area contributed by atoms with Crippen molar-refractivity contribution in [1.29, 1.82) is 0 Å². The van der Waals surface area contributed by atoms with Crippen LogP contribution in [-0.4, -0.2) is 16.0 Å². The van der Waals surface area contributed by atoms with Crippen molar-refractivity contribution in [2.24, 2.45) is 0 Å². The minimum atomic E-state index is -0.511. The number of carbonyl (C=O) groups excluding carboxylic acids is 2. The lowest BCUT2D eigenvalue weighted by Crippen LogP contribution is -2.27. The SMILES string of the molecule is O=C1S/C(=C\c2cc(Br)ccc2OCc2ccccc2F)C(=O)N1Cc1ccccc1F. The molecule has 3 aromatic rings. The number of rotatable bonds is 6. The van der Waals surface area contributed by atoms with E-state index in [1.54, 1.807) is 54.6 Å². The largest absolute Gasteiger partial charge is 0.488 e. The number of imide groups is 1. The van der Waals surface area contributed by atoms with Gasteiger partial charge in [0, 0.05) is 21.2 Å². The molecule has 1 aliphatic heterocycles. The van der Waals surface area contributed by atoms with Gasteiger partial charge in [0.1, 0.15) is 24.0 Å². The first-order chi connectivity index (χ1) is 15.4. The van der Waals surface area contributed by atoms with Gasteiger partial charge >= 0.3 is 0 Å². The first-order valence-electron chi connectivity index (χ1n) is 9.57. The molecule has 32 heavy (non-hydrogen) atoms. The second-order valence-corrected chi connectivity index (χ2v) is 8.83. The van der Waals surface area contributed by atoms with Gasteiger partial charge in [-0.25, -0.2) is 8.78 Å². The van der Waals surface area contributed by atoms with Gasteiger partial charge in [-0.05, 0) is 48.2 Å². The van der Waals surface area contributed by atoms with Crippen LogP contribution >= 0.6 is 27.7 Å². The molecule has 0 radical (unpaired) electrons. The molecular weight excluding hydrogens is 500 g/mol. The summed E-state index contributed by atoms with van der Waals surface area (Å²) in [6.07, 6.45) is 1.55. The first kappa shape index (κ1) is 22.2. The molecule has 1 aliphatic rings. The highest BCUT2D eigenvalue weighted by Gasteiger charge is 2.35. The Morgan fingerprint density at radius 3 is 2.28 bits per heavy atom. The molecule has 4 rings (SSSR count). The number of carbonyl (C=O) groups is 2. The van der Waals surface area contributed by atoms with E-state index < -0.39 is 17.0 Å². The second-order valence-electron chi connectivity index (χ2n) is 6.92. The molecule has 0 aromatic heterocycles. The van der Waals surface area contributed by atoms with Crippen molar-refractivity contribution in [1.82, 2.24) is 4.90 Å². The van der Waals surface area contributed by atoms with Crippen LogP contribution in [0.5, 0.6) is 5.75 Å². The van der Waals surface area contributed by atoms with E-state index in [-0.39, 0.29) is 29.4 Å². The van der Waals surface area contributed by atoms with Crippen molar-refractivity contribution in [3.05, 3.63) is 104 Å². The summed E-state index contributed by atoms with van der Waals surface area (Å²) in [5.41, 5.74) is 1.20. The summed E-state index contributed by atoms with van der Waals surface area (Å²) in [5.74, 6) is -0.938. The zero-order chi connectivity index (χ0) is 22.7. The molecule has 1 fully saturated rings. The van der Waals surface area contributed by atoms with E-state index in [2.05, 4.69) is 15.9 Å². The van der Waals surface area contributed by atoms with Crippen LogP contribution in [0.3, 0.4) is 0 Å². The summed E-state index contributed by atoms with van der Waals surface area (Å²) in [6.45, 7) is -0.145. The third-order valence-electron chi connectivity index (χ3n) is 4.76. The molecule has 0 N–H and O–H groups in total. The van der Waals surface area contributed by atoms with E-state index in [1.807, 2.05) is 0 Å². The number of hydrogen-bond donors (Lipinski definition) is 0. The Hall–Kier alpha value is -2.97. The predicted octanol–water partition coefficient (Wildman–Crippen LogP) is 6.54. The molecule has 1 heterocycles. The van der Waals surface area contributed by atoms with Gasteiger partial charge < -0.3 is 4.74 Å². The molecule has 0 unspecified atom stereocenters. The molecule has 4 nitrogen and oxygen atoms in total. The Morgan fingerprint density at radius 1 is 0.938 bits per heavy atom. The van der Waals surface area contributed by atoms with Gasteiger partial charge in [-0.1, -0.05) is 52.3 Å². The van der Waals surface area contributed by atoms with E-state index in [4.69, 9.17) is 4.74 Å². The summed E-state index contributed by atoms with van der Waals surface area (Å²) in [4.78, 5) is 26.5. The van der Waals surface area contributed by atoms with Crippen LogP contribution in [-0.2, 0) is 17.9 Å². The molecule has 3 aromatic carbocycles. The molecule has 162 valence electrons. The van der Waals surface area contributed by atoms with Crippen molar-refractivity contribution in [2.45, 2.75) is 13.2 Å². The summed E-state index contributed by atoms with van der Waals surface area (Å²) < 4.78 is 34.4. The highest BCUT2D eigenvalue weighted by molar-refractivity contribution is 9.10. The summed E-state index contributed by atoms with van der Waals surface area (Å²) in [6, 6.07) is 17.5. The molecule has 2 amide bonds. The van der Waals surface area contributed by atoms with Gasteiger partial charge in [-0.3, -0.25) is 14.5 Å². The minimum absolute atomic E-state index is 0.00388. The van der Waals surface area contributed by atoms with E-state index in [0.29, 0.717) is 16.9 Å². The van der Waals surface area contributed by atoms with Crippen LogP contribution in [0.2, 0.25) is 0 Å². The fourth-order valence-corrected chi connectivity index (χ4v) is 4.32. The Balaban J connectivity index is 1.57. The number of benzene rings is 3. The topological polar surface area (TPSA) is 46.6 Å². The summed E-state index contributed by atoms with van der Waals surface area (Å²) in [7, 11) is 0. The first-order valence-corrected chi connectivity index (χ1v) is 11.2. The van der Waals surface area contributed by atoms with E-state index in [9.17, 15) is 18.4 Å². The average Bonchev–Trinajstić information content (AvgIpc) is 3.03. The lowest BCUT2D eigenvalue weighted by molar-refractivity contribution is -0.123. The van der Waals surface area contributed by atoms with Crippen molar-refractivity contribution in [3.63, 3.8) is 0 Å². The van der Waals surface area contributed by atoms with Gasteiger partial charge in [-0.2, -0.15) is 0 Å². The van der Waals surface area contributed by atoms with E-state index in [1.165, 1.54) is 18.2 Å². The molecular formula is C24H16BrF2NO3S. The van der Waals surface area contributed by atoms with Gasteiger partial charge in [0.25, 0.3) is 11.1 Å². The normalized spacial score (nSPS) is 15.0. The standard InChI is InChI=1S/C24H16BrF2NO3S/c25-18-9-10-21(31-14-16-6-2-4-8-20(16)27)17(11-18)12-22-23(29)28(24(30)32-22)13-15-5-1-3-7-19(15)26/h1-12H,13-14H2/b22-12-. The number of hydrogen-bond acceptors (Lipinski definition) is 4. The van der Waals surface area contributed by atoms with Gasteiger partial charge in [0.2, 0.25) is 0 Å². The fraction of sp³-hybridized carbons (Fsp3) is 0.0833. The molecule has 0 spiro atoms. The number of halogens is 3. The number of thioether (sulfide) groups is 1. The smallest absolute Gasteiger partial charge is 0.293 e. The molecule has 0 bridgehead atoms. The number of nitrogens with zero attached hydrogens (tertiary/aromatic N) is 1. The van der Waals surface area contributed by atoms with Crippen molar-refractivity contribution in [2.75, 3.05) is 0 Å². The van der Waals surface area contributed by atoms with Crippen LogP contribution < -0.4 is 4.74 Å². The second kappa shape index (κ2) is 9.67. The van der Waals surface area contributed by atoms with Crippen LogP contribution in [0.15, 0.2) is 76.1 Å². The van der Waals surface area contributed by atoms with E-state index in [0.717, 1.165) is 21.1 Å². The lowest BCUT2D eigenvalue weighted by Gasteiger charge is -2.13. The molecule has 0 aliphatic carbocycles.